The lowest BCUT2D eigenvalue weighted by molar-refractivity contribution is 0.00578. The average molecular weight is 279 g/mol. The van der Waals surface area contributed by atoms with Crippen LogP contribution in [0.3, 0.4) is 0 Å². The van der Waals surface area contributed by atoms with Gasteiger partial charge in [-0.25, -0.2) is 0 Å². The number of nitriles is 1. The largest absolute Gasteiger partial charge is 0.494 e. The van der Waals surface area contributed by atoms with Crippen LogP contribution in [0.1, 0.15) is 33.3 Å². The van der Waals surface area contributed by atoms with Gasteiger partial charge in [0.15, 0.2) is 0 Å². The van der Waals surface area contributed by atoms with Crippen LogP contribution >= 0.6 is 11.6 Å². The lowest BCUT2D eigenvalue weighted by Gasteiger charge is -2.32. The van der Waals surface area contributed by atoms with E-state index in [1.807, 2.05) is 33.8 Å². The molecule has 1 aromatic carbocycles. The quantitative estimate of drug-likeness (QED) is 0.631. The fourth-order valence-corrected chi connectivity index (χ4v) is 2.07. The van der Waals surface area contributed by atoms with Gasteiger partial charge >= 0.3 is 7.12 Å². The zero-order valence-corrected chi connectivity index (χ0v) is 12.2. The predicted octanol–water partition coefficient (Wildman–Crippen LogP) is 2.09. The highest BCUT2D eigenvalue weighted by atomic mass is 35.5. The van der Waals surface area contributed by atoms with E-state index < -0.39 is 18.3 Å². The number of nitrogen functional groups attached to an aromatic ring is 1. The van der Waals surface area contributed by atoms with E-state index in [0.717, 1.165) is 0 Å². The Hall–Kier alpha value is -1.22. The molecule has 1 fully saturated rings. The maximum absolute atomic E-state index is 9.05. The Labute approximate surface area is 118 Å². The van der Waals surface area contributed by atoms with E-state index in [1.165, 1.54) is 0 Å². The van der Waals surface area contributed by atoms with Crippen LogP contribution in [-0.2, 0) is 9.31 Å². The molecule has 1 saturated heterocycles. The molecule has 0 bridgehead atoms. The summed E-state index contributed by atoms with van der Waals surface area (Å²) in [4.78, 5) is 0. The molecule has 0 radical (unpaired) electrons. The highest BCUT2D eigenvalue weighted by Gasteiger charge is 2.51. The van der Waals surface area contributed by atoms with Gasteiger partial charge in [0.05, 0.1) is 27.5 Å². The maximum Gasteiger partial charge on any atom is 0.494 e. The minimum atomic E-state index is -0.546. The Kier molecular flexibility index (Phi) is 3.30. The number of anilines is 1. The molecule has 1 heterocycles. The molecule has 2 N–H and O–H groups in total. The molecular formula is C13H16BClN2O2. The topological polar surface area (TPSA) is 68.3 Å². The molecule has 1 aliphatic heterocycles. The van der Waals surface area contributed by atoms with Crippen molar-refractivity contribution in [2.45, 2.75) is 38.9 Å². The molecule has 0 amide bonds. The van der Waals surface area contributed by atoms with Gasteiger partial charge in [-0.3, -0.25) is 0 Å². The summed E-state index contributed by atoms with van der Waals surface area (Å²) in [6.07, 6.45) is 0. The van der Waals surface area contributed by atoms with Gasteiger partial charge < -0.3 is 15.0 Å². The summed E-state index contributed by atoms with van der Waals surface area (Å²) < 4.78 is 11.8. The molecule has 4 nitrogen and oxygen atoms in total. The lowest BCUT2D eigenvalue weighted by Crippen LogP contribution is -2.41. The number of nitrogens with zero attached hydrogens (tertiary/aromatic N) is 1. The zero-order valence-electron chi connectivity index (χ0n) is 11.5. The monoisotopic (exact) mass is 278 g/mol. The molecule has 6 heteroatoms. The maximum atomic E-state index is 9.05. The van der Waals surface area contributed by atoms with Crippen LogP contribution in [0.25, 0.3) is 0 Å². The van der Waals surface area contributed by atoms with E-state index in [-0.39, 0.29) is 5.69 Å². The average Bonchev–Trinajstić information content (AvgIpc) is 2.52. The van der Waals surface area contributed by atoms with E-state index >= 15 is 0 Å². The van der Waals surface area contributed by atoms with E-state index in [2.05, 4.69) is 0 Å². The standard InChI is InChI=1S/C13H16BClN2O2/c1-12(2)13(3,4)19-14(18-12)9-5-8(7-16)11(17)10(15)6-9/h5-6H,17H2,1-4H3. The molecule has 0 saturated carbocycles. The minimum Gasteiger partial charge on any atom is -0.399 e. The van der Waals surface area contributed by atoms with Gasteiger partial charge in [0.2, 0.25) is 0 Å². The van der Waals surface area contributed by atoms with Crippen LogP contribution < -0.4 is 11.2 Å². The van der Waals surface area contributed by atoms with Crippen molar-refractivity contribution >= 4 is 29.9 Å². The summed E-state index contributed by atoms with van der Waals surface area (Å²) in [6, 6.07) is 5.36. The number of hydrogen-bond acceptors (Lipinski definition) is 4. The summed E-state index contributed by atoms with van der Waals surface area (Å²) in [6.45, 7) is 7.88. The normalized spacial score (nSPS) is 20.3. The summed E-state index contributed by atoms with van der Waals surface area (Å²) >= 11 is 6.03. The van der Waals surface area contributed by atoms with Crippen molar-refractivity contribution in [3.63, 3.8) is 0 Å². The first-order chi connectivity index (χ1) is 8.68. The van der Waals surface area contributed by atoms with E-state index in [0.29, 0.717) is 16.0 Å². The van der Waals surface area contributed by atoms with Gasteiger partial charge in [0, 0.05) is 0 Å². The van der Waals surface area contributed by atoms with Crippen molar-refractivity contribution in [1.29, 1.82) is 5.26 Å². The van der Waals surface area contributed by atoms with Crippen LogP contribution in [-0.4, -0.2) is 18.3 Å². The van der Waals surface area contributed by atoms with E-state index in [1.54, 1.807) is 12.1 Å². The van der Waals surface area contributed by atoms with Crippen molar-refractivity contribution in [2.24, 2.45) is 0 Å². The zero-order chi connectivity index (χ0) is 14.4. The minimum absolute atomic E-state index is 0.282. The molecule has 0 aromatic heterocycles. The Morgan fingerprint density at radius 1 is 1.21 bits per heavy atom. The van der Waals surface area contributed by atoms with Crippen LogP contribution in [0, 0.1) is 11.3 Å². The Morgan fingerprint density at radius 2 is 1.74 bits per heavy atom. The van der Waals surface area contributed by atoms with Crippen molar-refractivity contribution in [3.8, 4) is 6.07 Å². The van der Waals surface area contributed by atoms with Crippen molar-refractivity contribution in [3.05, 3.63) is 22.7 Å². The van der Waals surface area contributed by atoms with Gasteiger partial charge in [-0.05, 0) is 45.3 Å². The second-order valence-electron chi connectivity index (χ2n) is 5.66. The molecule has 1 aromatic rings. The van der Waals surface area contributed by atoms with Crippen LogP contribution in [0.4, 0.5) is 5.69 Å². The summed E-state index contributed by atoms with van der Waals surface area (Å²) in [7, 11) is -0.546. The first-order valence-corrected chi connectivity index (χ1v) is 6.40. The summed E-state index contributed by atoms with van der Waals surface area (Å²) in [5.41, 5.74) is 6.18. The van der Waals surface area contributed by atoms with E-state index in [4.69, 9.17) is 31.9 Å². The lowest BCUT2D eigenvalue weighted by atomic mass is 9.78. The molecule has 19 heavy (non-hydrogen) atoms. The second-order valence-corrected chi connectivity index (χ2v) is 6.07. The van der Waals surface area contributed by atoms with Gasteiger partial charge in [0.1, 0.15) is 6.07 Å². The first-order valence-electron chi connectivity index (χ1n) is 6.02. The molecule has 0 unspecified atom stereocenters. The van der Waals surface area contributed by atoms with Crippen molar-refractivity contribution < 1.29 is 9.31 Å². The predicted molar refractivity (Wildman–Crippen MR) is 76.3 cm³/mol. The SMILES string of the molecule is CC1(C)OB(c2cc(Cl)c(N)c(C#N)c2)OC1(C)C. The van der Waals surface area contributed by atoms with Crippen molar-refractivity contribution in [1.82, 2.24) is 0 Å². The third-order valence-corrected chi connectivity index (χ3v) is 4.11. The van der Waals surface area contributed by atoms with Crippen LogP contribution in [0.5, 0.6) is 0 Å². The molecule has 0 spiro atoms. The van der Waals surface area contributed by atoms with Gasteiger partial charge in [0.25, 0.3) is 0 Å². The third-order valence-electron chi connectivity index (χ3n) is 3.80. The van der Waals surface area contributed by atoms with Crippen molar-refractivity contribution in [2.75, 3.05) is 5.73 Å². The van der Waals surface area contributed by atoms with Gasteiger partial charge in [-0.2, -0.15) is 5.26 Å². The number of rotatable bonds is 1. The Morgan fingerprint density at radius 3 is 2.21 bits per heavy atom. The molecule has 2 rings (SSSR count). The van der Waals surface area contributed by atoms with Crippen LogP contribution in [0.2, 0.25) is 5.02 Å². The molecule has 100 valence electrons. The molecule has 0 atom stereocenters. The molecular weight excluding hydrogens is 262 g/mol. The molecule has 1 aliphatic rings. The third kappa shape index (κ3) is 2.32. The fraction of sp³-hybridized carbons (Fsp3) is 0.462. The Balaban J connectivity index is 2.41. The smallest absolute Gasteiger partial charge is 0.399 e. The van der Waals surface area contributed by atoms with Gasteiger partial charge in [-0.1, -0.05) is 11.6 Å². The Bertz CT molecular complexity index is 550. The fourth-order valence-electron chi connectivity index (χ4n) is 1.85. The van der Waals surface area contributed by atoms with E-state index in [9.17, 15) is 0 Å². The van der Waals surface area contributed by atoms with Gasteiger partial charge in [-0.15, -0.1) is 0 Å². The first kappa shape index (κ1) is 14.2. The number of halogens is 1. The summed E-state index contributed by atoms with van der Waals surface area (Å²) in [5.74, 6) is 0. The number of nitrogens with two attached hydrogens (primary N) is 1. The number of benzene rings is 1. The highest BCUT2D eigenvalue weighted by Crippen LogP contribution is 2.37. The number of hydrogen-bond donors (Lipinski definition) is 1. The second kappa shape index (κ2) is 4.41. The highest BCUT2D eigenvalue weighted by molar-refractivity contribution is 6.62. The summed E-state index contributed by atoms with van der Waals surface area (Å²) in [5, 5.41) is 9.38. The molecule has 0 aliphatic carbocycles. The van der Waals surface area contributed by atoms with Crippen LogP contribution in [0.15, 0.2) is 12.1 Å².